The molecule has 3 N–H and O–H groups in total. The van der Waals surface area contributed by atoms with Gasteiger partial charge in [0, 0.05) is 37.0 Å². The number of aromatic nitrogens is 1. The molecule has 5 atom stereocenters. The number of aliphatic hydroxyl groups excluding tert-OH is 1. The highest BCUT2D eigenvalue weighted by atomic mass is 19.4. The number of fused-ring (bicyclic) bond motifs is 3. The zero-order valence-electron chi connectivity index (χ0n) is 28.9. The Morgan fingerprint density at radius 2 is 1.90 bits per heavy atom. The normalized spacial score (nSPS) is 23.9. The number of hydrogen-bond donors (Lipinski definition) is 3. The molecule has 52 heavy (non-hydrogen) atoms. The fraction of sp³-hybridized carbons (Fsp3) is 0.444. The molecule has 16 heteroatoms. The number of carbonyl (C=O) groups is 5. The van der Waals surface area contributed by atoms with E-state index in [1.54, 1.807) is 32.9 Å². The monoisotopic (exact) mass is 730 g/mol. The SMILES string of the molecule is CC1=C[C@@H](O)CC(=O)Cc2nc(co2)C(=O)N2CCC[C@@H]2C(=O)O[C@H]([C@@H](C)COC(=O)Nc2ccc(C(F)(F)F)cc2)[C@H](C)/C=C/C(=O)NCC=C1. The highest BCUT2D eigenvalue weighted by Crippen LogP contribution is 2.30. The largest absolute Gasteiger partial charge is 0.460 e. The van der Waals surface area contributed by atoms with Crippen LogP contribution in [0.4, 0.5) is 23.7 Å². The zero-order chi connectivity index (χ0) is 38.0. The van der Waals surface area contributed by atoms with Gasteiger partial charge in [-0.25, -0.2) is 14.6 Å². The lowest BCUT2D eigenvalue weighted by atomic mass is 9.93. The summed E-state index contributed by atoms with van der Waals surface area (Å²) in [6, 6.07) is 2.80. The molecular formula is C36H41F3N4O9. The molecule has 2 aromatic rings. The van der Waals surface area contributed by atoms with Gasteiger partial charge in [0.25, 0.3) is 5.91 Å². The van der Waals surface area contributed by atoms with E-state index in [0.717, 1.165) is 30.5 Å². The summed E-state index contributed by atoms with van der Waals surface area (Å²) in [6.45, 7) is 5.14. The van der Waals surface area contributed by atoms with E-state index in [1.807, 2.05) is 0 Å². The average molecular weight is 731 g/mol. The first kappa shape index (κ1) is 39.5. The van der Waals surface area contributed by atoms with Crippen molar-refractivity contribution in [1.29, 1.82) is 0 Å². The number of nitrogens with zero attached hydrogens (tertiary/aromatic N) is 2. The molecule has 4 rings (SSSR count). The van der Waals surface area contributed by atoms with Crippen LogP contribution in [0.5, 0.6) is 0 Å². The third-order valence-corrected chi connectivity index (χ3v) is 8.39. The number of carbonyl (C=O) groups excluding carboxylic acids is 5. The molecule has 1 fully saturated rings. The Bertz CT molecular complexity index is 1700. The number of Topliss-reactive ketones (excluding diaryl/α,β-unsaturated/α-hetero) is 1. The molecule has 0 aliphatic carbocycles. The van der Waals surface area contributed by atoms with Crippen molar-refractivity contribution >= 4 is 35.3 Å². The quantitative estimate of drug-likeness (QED) is 0.371. The van der Waals surface area contributed by atoms with Crippen molar-refractivity contribution in [3.8, 4) is 0 Å². The Hall–Kier alpha value is -5.25. The van der Waals surface area contributed by atoms with E-state index in [4.69, 9.17) is 13.9 Å². The smallest absolute Gasteiger partial charge is 0.416 e. The van der Waals surface area contributed by atoms with Crippen LogP contribution in [0.2, 0.25) is 0 Å². The summed E-state index contributed by atoms with van der Waals surface area (Å²) in [5, 5.41) is 15.4. The van der Waals surface area contributed by atoms with Gasteiger partial charge in [-0.3, -0.25) is 19.7 Å². The first-order valence-corrected chi connectivity index (χ1v) is 16.7. The number of cyclic esters (lactones) is 1. The van der Waals surface area contributed by atoms with Crippen LogP contribution in [-0.4, -0.2) is 82.6 Å². The molecule has 0 spiro atoms. The molecule has 0 unspecified atom stereocenters. The van der Waals surface area contributed by atoms with E-state index in [1.165, 1.54) is 23.1 Å². The molecule has 2 aliphatic heterocycles. The Morgan fingerprint density at radius 1 is 1.17 bits per heavy atom. The van der Waals surface area contributed by atoms with Gasteiger partial charge >= 0.3 is 18.2 Å². The van der Waals surface area contributed by atoms with Crippen LogP contribution >= 0.6 is 0 Å². The Morgan fingerprint density at radius 3 is 2.62 bits per heavy atom. The molecular weight excluding hydrogens is 689 g/mol. The summed E-state index contributed by atoms with van der Waals surface area (Å²) in [6.07, 6.45) is 1.46. The van der Waals surface area contributed by atoms with Crippen molar-refractivity contribution in [3.05, 3.63) is 83.6 Å². The van der Waals surface area contributed by atoms with Crippen LogP contribution in [0.25, 0.3) is 0 Å². The number of oxazole rings is 1. The van der Waals surface area contributed by atoms with Gasteiger partial charge in [-0.05, 0) is 50.1 Å². The number of ketones is 1. The van der Waals surface area contributed by atoms with Crippen molar-refractivity contribution in [3.63, 3.8) is 0 Å². The van der Waals surface area contributed by atoms with Gasteiger partial charge in [-0.15, -0.1) is 0 Å². The third-order valence-electron chi connectivity index (χ3n) is 8.39. The van der Waals surface area contributed by atoms with E-state index in [-0.39, 0.29) is 62.0 Å². The number of amides is 3. The summed E-state index contributed by atoms with van der Waals surface area (Å²) in [5.41, 5.74) is -0.276. The van der Waals surface area contributed by atoms with E-state index >= 15 is 0 Å². The van der Waals surface area contributed by atoms with Crippen molar-refractivity contribution in [2.45, 2.75) is 70.9 Å². The van der Waals surface area contributed by atoms with Crippen molar-refractivity contribution in [2.24, 2.45) is 11.8 Å². The fourth-order valence-electron chi connectivity index (χ4n) is 5.75. The second-order valence-electron chi connectivity index (χ2n) is 12.7. The van der Waals surface area contributed by atoms with Gasteiger partial charge < -0.3 is 29.2 Å². The van der Waals surface area contributed by atoms with Crippen LogP contribution < -0.4 is 10.6 Å². The first-order valence-electron chi connectivity index (χ1n) is 16.7. The van der Waals surface area contributed by atoms with Crippen LogP contribution in [0.3, 0.4) is 0 Å². The number of rotatable bonds is 4. The Balaban J connectivity index is 1.52. The highest BCUT2D eigenvalue weighted by molar-refractivity contribution is 5.95. The predicted molar refractivity (Wildman–Crippen MR) is 180 cm³/mol. The molecule has 13 nitrogen and oxygen atoms in total. The Kier molecular flexibility index (Phi) is 13.5. The number of halogens is 3. The minimum Gasteiger partial charge on any atom is -0.460 e. The fourth-order valence-corrected chi connectivity index (χ4v) is 5.75. The number of aliphatic hydroxyl groups is 1. The number of benzene rings is 1. The number of esters is 1. The lowest BCUT2D eigenvalue weighted by Crippen LogP contribution is -2.44. The highest BCUT2D eigenvalue weighted by Gasteiger charge is 2.39. The van der Waals surface area contributed by atoms with Crippen LogP contribution in [-0.2, 0) is 36.5 Å². The van der Waals surface area contributed by atoms with E-state index in [0.29, 0.717) is 12.0 Å². The maximum Gasteiger partial charge on any atom is 0.416 e. The molecule has 1 aromatic carbocycles. The first-order chi connectivity index (χ1) is 24.6. The topological polar surface area (TPSA) is 177 Å². The third kappa shape index (κ3) is 11.4. The van der Waals surface area contributed by atoms with Gasteiger partial charge in [-0.2, -0.15) is 13.2 Å². The minimum absolute atomic E-state index is 0.0227. The standard InChI is InChI=1S/C36H41F3N4O9/c1-21-6-4-14-40-30(46)13-8-22(2)32(23(3)19-51-35(49)41-25-11-9-24(10-12-25)36(37,38)39)52-34(48)29-7-5-15-43(29)33(47)28-20-50-31(42-28)18-27(45)17-26(44)16-21/h4,6,8-13,16,20,22-23,26,29,32,44H,5,7,14-15,17-19H2,1-3H3,(H,40,46)(H,41,49)/b6-4?,13-8+,21-16?/t22-,23+,26-,29-,32+/m1/s1. The van der Waals surface area contributed by atoms with E-state index in [9.17, 15) is 42.3 Å². The molecule has 3 heterocycles. The predicted octanol–water partition coefficient (Wildman–Crippen LogP) is 4.78. The number of allylic oxidation sites excluding steroid dienone is 2. The number of hydrogen-bond acceptors (Lipinski definition) is 10. The van der Waals surface area contributed by atoms with Gasteiger partial charge in [0.1, 0.15) is 24.2 Å². The summed E-state index contributed by atoms with van der Waals surface area (Å²) < 4.78 is 55.3. The van der Waals surface area contributed by atoms with Crippen LogP contribution in [0, 0.1) is 11.8 Å². The maximum absolute atomic E-state index is 13.6. The van der Waals surface area contributed by atoms with Gasteiger partial charge in [0.05, 0.1) is 24.7 Å². The number of anilines is 1. The zero-order valence-corrected chi connectivity index (χ0v) is 28.9. The van der Waals surface area contributed by atoms with E-state index < -0.39 is 65.7 Å². The molecule has 1 saturated heterocycles. The molecule has 280 valence electrons. The number of nitrogens with one attached hydrogen (secondary N) is 2. The second-order valence-corrected chi connectivity index (χ2v) is 12.7. The molecule has 0 radical (unpaired) electrons. The summed E-state index contributed by atoms with van der Waals surface area (Å²) in [4.78, 5) is 70.2. The molecule has 2 aliphatic rings. The molecule has 3 amide bonds. The van der Waals surface area contributed by atoms with Crippen molar-refractivity contribution < 1.29 is 56.1 Å². The molecule has 0 saturated carbocycles. The lowest BCUT2D eigenvalue weighted by molar-refractivity contribution is -0.159. The van der Waals surface area contributed by atoms with Crippen molar-refractivity contribution in [1.82, 2.24) is 15.2 Å². The summed E-state index contributed by atoms with van der Waals surface area (Å²) in [7, 11) is 0. The molecule has 2 bridgehead atoms. The molecule has 1 aromatic heterocycles. The number of ether oxygens (including phenoxy) is 2. The maximum atomic E-state index is 13.6. The summed E-state index contributed by atoms with van der Waals surface area (Å²) in [5.74, 6) is -3.46. The van der Waals surface area contributed by atoms with Gasteiger partial charge in [0.15, 0.2) is 5.69 Å². The second kappa shape index (κ2) is 17.8. The average Bonchev–Trinajstić information content (AvgIpc) is 3.76. The van der Waals surface area contributed by atoms with Gasteiger partial charge in [-0.1, -0.05) is 43.7 Å². The Labute approximate surface area is 297 Å². The van der Waals surface area contributed by atoms with Crippen LogP contribution in [0.1, 0.15) is 62.0 Å². The van der Waals surface area contributed by atoms with Crippen LogP contribution in [0.15, 0.2) is 70.9 Å². The lowest BCUT2D eigenvalue weighted by Gasteiger charge is -2.30. The van der Waals surface area contributed by atoms with Gasteiger partial charge in [0.2, 0.25) is 11.8 Å². The number of alkyl halides is 3. The van der Waals surface area contributed by atoms with Crippen molar-refractivity contribution in [2.75, 3.05) is 25.0 Å². The minimum atomic E-state index is -4.54. The van der Waals surface area contributed by atoms with E-state index in [2.05, 4.69) is 15.6 Å². The summed E-state index contributed by atoms with van der Waals surface area (Å²) >= 11 is 0.